The minimum Gasteiger partial charge on any atom is -0.310 e. The molecule has 2 unspecified atom stereocenters. The normalized spacial score (nSPS) is 22.6. The second kappa shape index (κ2) is 7.11. The summed E-state index contributed by atoms with van der Waals surface area (Å²) in [5.74, 6) is 2.41. The Morgan fingerprint density at radius 1 is 1.63 bits per heavy atom. The lowest BCUT2D eigenvalue weighted by Crippen LogP contribution is -2.47. The lowest BCUT2D eigenvalue weighted by Gasteiger charge is -2.38. The summed E-state index contributed by atoms with van der Waals surface area (Å²) in [6, 6.07) is 0.841. The number of nitrogens with zero attached hydrogens (tertiary/aromatic N) is 3. The molecule has 1 saturated heterocycles. The Morgan fingerprint density at radius 2 is 2.42 bits per heavy atom. The lowest BCUT2D eigenvalue weighted by molar-refractivity contribution is 0.214. The highest BCUT2D eigenvalue weighted by molar-refractivity contribution is 9.10. The fourth-order valence-corrected chi connectivity index (χ4v) is 4.45. The zero-order valence-corrected chi connectivity index (χ0v) is 14.3. The summed E-state index contributed by atoms with van der Waals surface area (Å²) in [6.07, 6.45) is 3.03. The van der Waals surface area contributed by atoms with Crippen molar-refractivity contribution >= 4 is 27.7 Å². The van der Waals surface area contributed by atoms with Gasteiger partial charge in [0, 0.05) is 30.6 Å². The van der Waals surface area contributed by atoms with Gasteiger partial charge in [-0.3, -0.25) is 9.58 Å². The van der Waals surface area contributed by atoms with Crippen molar-refractivity contribution in [2.24, 2.45) is 0 Å². The molecular formula is C13H23BrN4S. The van der Waals surface area contributed by atoms with E-state index in [2.05, 4.69) is 49.9 Å². The third-order valence-electron chi connectivity index (χ3n) is 3.70. The minimum absolute atomic E-state index is 0.321. The van der Waals surface area contributed by atoms with Crippen molar-refractivity contribution < 1.29 is 0 Å². The van der Waals surface area contributed by atoms with Gasteiger partial charge >= 0.3 is 0 Å². The van der Waals surface area contributed by atoms with E-state index in [1.807, 2.05) is 25.0 Å². The number of aromatic nitrogens is 2. The van der Waals surface area contributed by atoms with E-state index in [-0.39, 0.29) is 0 Å². The molecule has 4 nitrogen and oxygen atoms in total. The molecule has 0 aliphatic carbocycles. The fourth-order valence-electron chi connectivity index (χ4n) is 2.64. The molecule has 2 heterocycles. The maximum atomic E-state index is 4.50. The highest BCUT2D eigenvalue weighted by Crippen LogP contribution is 2.31. The predicted octanol–water partition coefficient (Wildman–Crippen LogP) is 2.36. The highest BCUT2D eigenvalue weighted by Gasteiger charge is 2.31. The Labute approximate surface area is 128 Å². The van der Waals surface area contributed by atoms with Gasteiger partial charge in [-0.2, -0.15) is 16.9 Å². The van der Waals surface area contributed by atoms with Crippen molar-refractivity contribution in [3.05, 3.63) is 16.4 Å². The molecule has 1 aliphatic heterocycles. The third-order valence-corrected chi connectivity index (χ3v) is 5.36. The van der Waals surface area contributed by atoms with E-state index in [1.165, 1.54) is 17.2 Å². The van der Waals surface area contributed by atoms with Gasteiger partial charge in [-0.15, -0.1) is 0 Å². The van der Waals surface area contributed by atoms with Crippen LogP contribution in [0.25, 0.3) is 0 Å². The molecule has 1 fully saturated rings. The Balaban J connectivity index is 2.27. The Hall–Kier alpha value is -0.0400. The molecule has 0 aromatic carbocycles. The third kappa shape index (κ3) is 3.35. The summed E-state index contributed by atoms with van der Waals surface area (Å²) in [4.78, 5) is 2.47. The van der Waals surface area contributed by atoms with Crippen molar-refractivity contribution in [2.45, 2.75) is 32.0 Å². The predicted molar refractivity (Wildman–Crippen MR) is 85.8 cm³/mol. The van der Waals surface area contributed by atoms with Crippen LogP contribution in [0.15, 0.2) is 10.7 Å². The standard InChI is InChI=1S/C13H23BrN4S/c1-4-5-18-13(10(14)8-16-18)12(15-2)11-9-19-7-6-17(11)3/h8,11-12,15H,4-7,9H2,1-3H3. The lowest BCUT2D eigenvalue weighted by atomic mass is 10.0. The molecular weight excluding hydrogens is 324 g/mol. The smallest absolute Gasteiger partial charge is 0.0711 e. The van der Waals surface area contributed by atoms with Crippen molar-refractivity contribution in [1.82, 2.24) is 20.0 Å². The van der Waals surface area contributed by atoms with Crippen LogP contribution in [0.3, 0.4) is 0 Å². The summed E-state index contributed by atoms with van der Waals surface area (Å²) in [7, 11) is 4.27. The van der Waals surface area contributed by atoms with Crippen LogP contribution in [0, 0.1) is 0 Å². The largest absolute Gasteiger partial charge is 0.310 e. The minimum atomic E-state index is 0.321. The van der Waals surface area contributed by atoms with Crippen LogP contribution in [0.1, 0.15) is 25.1 Å². The number of rotatable bonds is 5. The second-order valence-corrected chi connectivity index (χ2v) is 6.99. The molecule has 1 aromatic rings. The monoisotopic (exact) mass is 346 g/mol. The van der Waals surface area contributed by atoms with Crippen molar-refractivity contribution in [3.8, 4) is 0 Å². The van der Waals surface area contributed by atoms with Crippen LogP contribution in [0.2, 0.25) is 0 Å². The Morgan fingerprint density at radius 3 is 3.05 bits per heavy atom. The Kier molecular flexibility index (Phi) is 5.74. The van der Waals surface area contributed by atoms with Crippen LogP contribution in [-0.2, 0) is 6.54 Å². The first-order valence-corrected chi connectivity index (χ1v) is 8.80. The fraction of sp³-hybridized carbons (Fsp3) is 0.769. The van der Waals surface area contributed by atoms with Gasteiger partial charge in [-0.25, -0.2) is 0 Å². The number of nitrogens with one attached hydrogen (secondary N) is 1. The van der Waals surface area contributed by atoms with Crippen LogP contribution >= 0.6 is 27.7 Å². The average molecular weight is 347 g/mol. The number of likely N-dealkylation sites (N-methyl/N-ethyl adjacent to an activating group) is 2. The second-order valence-electron chi connectivity index (χ2n) is 4.99. The molecule has 2 rings (SSSR count). The zero-order chi connectivity index (χ0) is 13.8. The maximum Gasteiger partial charge on any atom is 0.0711 e. The van der Waals surface area contributed by atoms with E-state index in [1.54, 1.807) is 0 Å². The van der Waals surface area contributed by atoms with E-state index in [9.17, 15) is 0 Å². The first-order chi connectivity index (χ1) is 9.19. The van der Waals surface area contributed by atoms with Gasteiger partial charge < -0.3 is 5.32 Å². The van der Waals surface area contributed by atoms with E-state index in [0.29, 0.717) is 12.1 Å². The SMILES string of the molecule is CCCn1ncc(Br)c1C(NC)C1CSCCN1C. The topological polar surface area (TPSA) is 33.1 Å². The zero-order valence-electron chi connectivity index (χ0n) is 11.9. The van der Waals surface area contributed by atoms with Crippen LogP contribution in [0.4, 0.5) is 0 Å². The quantitative estimate of drug-likeness (QED) is 0.887. The van der Waals surface area contributed by atoms with Gasteiger partial charge in [0.15, 0.2) is 0 Å². The molecule has 6 heteroatoms. The van der Waals surface area contributed by atoms with Gasteiger partial charge in [0.25, 0.3) is 0 Å². The molecule has 0 saturated carbocycles. The summed E-state index contributed by atoms with van der Waals surface area (Å²) in [5, 5.41) is 8.00. The molecule has 1 aliphatic rings. The number of aryl methyl sites for hydroxylation is 1. The molecule has 0 spiro atoms. The van der Waals surface area contributed by atoms with E-state index in [0.717, 1.165) is 24.0 Å². The molecule has 1 N–H and O–H groups in total. The van der Waals surface area contributed by atoms with Crippen LogP contribution in [0.5, 0.6) is 0 Å². The number of hydrogen-bond acceptors (Lipinski definition) is 4. The van der Waals surface area contributed by atoms with Gasteiger partial charge in [0.05, 0.1) is 22.4 Å². The number of halogens is 1. The summed E-state index contributed by atoms with van der Waals surface area (Å²) in [6.45, 7) is 4.33. The van der Waals surface area contributed by atoms with E-state index >= 15 is 0 Å². The van der Waals surface area contributed by atoms with Gasteiger partial charge in [-0.1, -0.05) is 6.92 Å². The molecule has 0 radical (unpaired) electrons. The van der Waals surface area contributed by atoms with Crippen molar-refractivity contribution in [3.63, 3.8) is 0 Å². The molecule has 0 bridgehead atoms. The van der Waals surface area contributed by atoms with Gasteiger partial charge in [-0.05, 0) is 36.4 Å². The number of hydrogen-bond donors (Lipinski definition) is 1. The maximum absolute atomic E-state index is 4.50. The van der Waals surface area contributed by atoms with Gasteiger partial charge in [0.2, 0.25) is 0 Å². The molecule has 2 atom stereocenters. The van der Waals surface area contributed by atoms with E-state index < -0.39 is 0 Å². The van der Waals surface area contributed by atoms with Gasteiger partial charge in [0.1, 0.15) is 0 Å². The van der Waals surface area contributed by atoms with E-state index in [4.69, 9.17) is 0 Å². The molecule has 0 amide bonds. The molecule has 19 heavy (non-hydrogen) atoms. The van der Waals surface area contributed by atoms with Crippen molar-refractivity contribution in [1.29, 1.82) is 0 Å². The average Bonchev–Trinajstić information content (AvgIpc) is 2.75. The van der Waals surface area contributed by atoms with Crippen LogP contribution in [-0.4, -0.2) is 52.9 Å². The molecule has 1 aromatic heterocycles. The molecule has 108 valence electrons. The number of thioether (sulfide) groups is 1. The van der Waals surface area contributed by atoms with Crippen LogP contribution < -0.4 is 5.32 Å². The van der Waals surface area contributed by atoms with Crippen molar-refractivity contribution in [2.75, 3.05) is 32.1 Å². The first kappa shape index (κ1) is 15.4. The summed E-state index contributed by atoms with van der Waals surface area (Å²) in [5.41, 5.74) is 1.28. The highest BCUT2D eigenvalue weighted by atomic mass is 79.9. The Bertz CT molecular complexity index is 409. The first-order valence-electron chi connectivity index (χ1n) is 6.85. The summed E-state index contributed by atoms with van der Waals surface area (Å²) >= 11 is 5.71. The summed E-state index contributed by atoms with van der Waals surface area (Å²) < 4.78 is 3.25.